The first-order valence-electron chi connectivity index (χ1n) is 13.9. The van der Waals surface area contributed by atoms with E-state index in [9.17, 15) is 14.4 Å². The molecule has 2 aromatic carbocycles. The van der Waals surface area contributed by atoms with Gasteiger partial charge in [-0.15, -0.1) is 0 Å². The number of allylic oxidation sites excluding steroid dienone is 4. The van der Waals surface area contributed by atoms with Crippen LogP contribution in [-0.4, -0.2) is 31.2 Å². The zero-order valence-corrected chi connectivity index (χ0v) is 26.7. The first-order valence-corrected chi connectivity index (χ1v) is 15.0. The zero-order chi connectivity index (χ0) is 29.7. The van der Waals surface area contributed by atoms with Gasteiger partial charge in [0.15, 0.2) is 29.7 Å². The van der Waals surface area contributed by atoms with E-state index in [1.807, 2.05) is 43.3 Å². The largest absolute Gasteiger partial charge is 0.493 e. The SMILES string of the molecule is COc1cc(C2C3=C(CC(C)(C)CC3=O)NC3=C2C(=O)CC(C)(C)C3)cc(I)c1OCC(=O)Nc1ccc(C)cc1. The van der Waals surface area contributed by atoms with Crippen molar-refractivity contribution >= 4 is 45.8 Å². The van der Waals surface area contributed by atoms with Crippen molar-refractivity contribution in [3.05, 3.63) is 73.6 Å². The molecule has 1 heterocycles. The predicted molar refractivity (Wildman–Crippen MR) is 167 cm³/mol. The number of aryl methyl sites for hydroxylation is 1. The van der Waals surface area contributed by atoms with Gasteiger partial charge in [-0.25, -0.2) is 0 Å². The highest BCUT2D eigenvalue weighted by Gasteiger charge is 2.46. The lowest BCUT2D eigenvalue weighted by Gasteiger charge is -2.44. The number of Topliss-reactive ketones (excluding diaryl/α,β-unsaturated/α-hetero) is 2. The number of anilines is 1. The Morgan fingerprint density at radius 1 is 0.951 bits per heavy atom. The van der Waals surface area contributed by atoms with E-state index < -0.39 is 5.92 Å². The molecule has 0 unspecified atom stereocenters. The Hall–Kier alpha value is -3.14. The second kappa shape index (κ2) is 10.9. The maximum atomic E-state index is 13.7. The van der Waals surface area contributed by atoms with E-state index in [2.05, 4.69) is 60.9 Å². The van der Waals surface area contributed by atoms with Gasteiger partial charge in [-0.2, -0.15) is 0 Å². The Morgan fingerprint density at radius 3 is 2.05 bits per heavy atom. The quantitative estimate of drug-likeness (QED) is 0.337. The van der Waals surface area contributed by atoms with E-state index in [1.165, 1.54) is 0 Å². The number of amides is 1. The molecule has 0 saturated heterocycles. The minimum Gasteiger partial charge on any atom is -0.493 e. The van der Waals surface area contributed by atoms with Crippen LogP contribution < -0.4 is 20.1 Å². The lowest BCUT2D eigenvalue weighted by Crippen LogP contribution is -2.42. The van der Waals surface area contributed by atoms with Crippen molar-refractivity contribution in [1.82, 2.24) is 5.32 Å². The van der Waals surface area contributed by atoms with Gasteiger partial charge in [0.05, 0.1) is 10.7 Å². The third-order valence-electron chi connectivity index (χ3n) is 7.99. The molecule has 216 valence electrons. The molecule has 1 amide bonds. The second-order valence-corrected chi connectivity index (χ2v) is 14.1. The number of rotatable bonds is 6. The number of carbonyl (C=O) groups excluding carboxylic acids is 3. The van der Waals surface area contributed by atoms with Crippen molar-refractivity contribution in [3.63, 3.8) is 0 Å². The van der Waals surface area contributed by atoms with Crippen LogP contribution in [0.4, 0.5) is 5.69 Å². The molecule has 1 aliphatic heterocycles. The summed E-state index contributed by atoms with van der Waals surface area (Å²) in [7, 11) is 1.55. The van der Waals surface area contributed by atoms with Crippen LogP contribution in [0.5, 0.6) is 11.5 Å². The molecule has 0 bridgehead atoms. The smallest absolute Gasteiger partial charge is 0.262 e. The van der Waals surface area contributed by atoms with E-state index in [0.29, 0.717) is 41.2 Å². The monoisotopic (exact) mass is 668 g/mol. The molecule has 7 nitrogen and oxygen atoms in total. The van der Waals surface area contributed by atoms with E-state index in [-0.39, 0.29) is 34.9 Å². The number of hydrogen-bond donors (Lipinski definition) is 2. The molecule has 0 atom stereocenters. The fraction of sp³-hybridized carbons (Fsp3) is 0.424. The number of nitrogens with one attached hydrogen (secondary N) is 2. The summed E-state index contributed by atoms with van der Waals surface area (Å²) in [5.41, 5.74) is 5.48. The molecule has 0 aromatic heterocycles. The lowest BCUT2D eigenvalue weighted by molar-refractivity contribution is -0.119. The highest BCUT2D eigenvalue weighted by atomic mass is 127. The fourth-order valence-electron chi connectivity index (χ4n) is 6.24. The fourth-order valence-corrected chi connectivity index (χ4v) is 7.02. The van der Waals surface area contributed by atoms with Crippen molar-refractivity contribution in [2.75, 3.05) is 19.0 Å². The van der Waals surface area contributed by atoms with Crippen LogP contribution in [-0.2, 0) is 14.4 Å². The molecule has 2 aromatic rings. The van der Waals surface area contributed by atoms with Crippen molar-refractivity contribution in [2.24, 2.45) is 10.8 Å². The molecular weight excluding hydrogens is 631 g/mol. The highest BCUT2D eigenvalue weighted by Crippen LogP contribution is 2.52. The molecule has 0 spiro atoms. The van der Waals surface area contributed by atoms with Gasteiger partial charge in [0.25, 0.3) is 5.91 Å². The van der Waals surface area contributed by atoms with Crippen LogP contribution in [0.3, 0.4) is 0 Å². The third kappa shape index (κ3) is 6.08. The molecular formula is C33H37IN2O5. The summed E-state index contributed by atoms with van der Waals surface area (Å²) in [6, 6.07) is 11.3. The molecule has 0 radical (unpaired) electrons. The minimum absolute atomic E-state index is 0.0695. The summed E-state index contributed by atoms with van der Waals surface area (Å²) >= 11 is 2.17. The Kier molecular flexibility index (Phi) is 7.82. The maximum Gasteiger partial charge on any atom is 0.262 e. The van der Waals surface area contributed by atoms with Crippen LogP contribution in [0.1, 0.15) is 70.4 Å². The van der Waals surface area contributed by atoms with Gasteiger partial charge in [0, 0.05) is 47.0 Å². The van der Waals surface area contributed by atoms with Gasteiger partial charge in [-0.3, -0.25) is 14.4 Å². The predicted octanol–water partition coefficient (Wildman–Crippen LogP) is 6.60. The van der Waals surface area contributed by atoms with Gasteiger partial charge in [0.2, 0.25) is 0 Å². The van der Waals surface area contributed by atoms with E-state index in [1.54, 1.807) is 7.11 Å². The number of hydrogen-bond acceptors (Lipinski definition) is 6. The van der Waals surface area contributed by atoms with E-state index in [0.717, 1.165) is 38.9 Å². The summed E-state index contributed by atoms with van der Waals surface area (Å²) in [6.45, 7) is 10.2. The van der Waals surface area contributed by atoms with E-state index in [4.69, 9.17) is 9.47 Å². The maximum absolute atomic E-state index is 13.7. The van der Waals surface area contributed by atoms with Crippen molar-refractivity contribution in [3.8, 4) is 11.5 Å². The Bertz CT molecular complexity index is 1450. The molecule has 2 aliphatic carbocycles. The van der Waals surface area contributed by atoms with Crippen molar-refractivity contribution < 1.29 is 23.9 Å². The number of dihydropyridines is 1. The van der Waals surface area contributed by atoms with Gasteiger partial charge >= 0.3 is 0 Å². The first kappa shape index (κ1) is 29.4. The summed E-state index contributed by atoms with van der Waals surface area (Å²) in [5, 5.41) is 6.40. The van der Waals surface area contributed by atoms with Crippen LogP contribution in [0.2, 0.25) is 0 Å². The third-order valence-corrected chi connectivity index (χ3v) is 8.79. The highest BCUT2D eigenvalue weighted by molar-refractivity contribution is 14.1. The van der Waals surface area contributed by atoms with E-state index >= 15 is 0 Å². The Labute approximate surface area is 255 Å². The number of ketones is 2. The average Bonchev–Trinajstić information content (AvgIpc) is 2.86. The number of halogens is 1. The normalized spacial score (nSPS) is 19.8. The molecule has 0 fully saturated rings. The van der Waals surface area contributed by atoms with Gasteiger partial charge in [0.1, 0.15) is 0 Å². The zero-order valence-electron chi connectivity index (χ0n) is 24.5. The number of methoxy groups -OCH3 is 1. The first-order chi connectivity index (χ1) is 19.3. The summed E-state index contributed by atoms with van der Waals surface area (Å²) < 4.78 is 12.4. The molecule has 3 aliphatic rings. The molecule has 8 heteroatoms. The van der Waals surface area contributed by atoms with Crippen LogP contribution in [0.25, 0.3) is 0 Å². The van der Waals surface area contributed by atoms with Crippen LogP contribution >= 0.6 is 22.6 Å². The van der Waals surface area contributed by atoms with Gasteiger partial charge in [-0.05, 0) is 83.0 Å². The standard InChI is InChI=1S/C33H37IN2O5/c1-18-7-9-20(10-8-18)35-27(39)17-41-31-21(34)11-19(12-26(31)40-6)28-29-22(13-32(2,3)15-24(29)37)36-23-14-33(4,5)16-25(38)30(23)28/h7-12,28,36H,13-17H2,1-6H3,(H,35,39). The summed E-state index contributed by atoms with van der Waals surface area (Å²) in [6.07, 6.45) is 2.33. The number of carbonyl (C=O) groups is 3. The average molecular weight is 669 g/mol. The molecule has 41 heavy (non-hydrogen) atoms. The number of benzene rings is 2. The second-order valence-electron chi connectivity index (χ2n) is 13.0. The molecule has 0 saturated carbocycles. The van der Waals surface area contributed by atoms with Gasteiger partial charge < -0.3 is 20.1 Å². The number of ether oxygens (including phenoxy) is 2. The topological polar surface area (TPSA) is 93.7 Å². The molecule has 2 N–H and O–H groups in total. The van der Waals surface area contributed by atoms with Crippen molar-refractivity contribution in [1.29, 1.82) is 0 Å². The lowest BCUT2D eigenvalue weighted by atomic mass is 9.64. The molecule has 5 rings (SSSR count). The van der Waals surface area contributed by atoms with Gasteiger partial charge in [-0.1, -0.05) is 45.4 Å². The van der Waals surface area contributed by atoms with Crippen molar-refractivity contribution in [2.45, 2.75) is 66.2 Å². The van der Waals surface area contributed by atoms with Crippen LogP contribution in [0, 0.1) is 21.3 Å². The minimum atomic E-state index is -0.477. The Balaban J connectivity index is 1.50. The van der Waals surface area contributed by atoms with Crippen LogP contribution in [0.15, 0.2) is 58.9 Å². The summed E-state index contributed by atoms with van der Waals surface area (Å²) in [4.78, 5) is 39.9. The Morgan fingerprint density at radius 2 is 1.51 bits per heavy atom. The summed E-state index contributed by atoms with van der Waals surface area (Å²) in [5.74, 6) is 0.268.